The van der Waals surface area contributed by atoms with E-state index in [-0.39, 0.29) is 5.92 Å². The standard InChI is InChI=1S/C15H30N2O3/c1-4-16-15(14(18)19)9-6-7-13(15)8-10-17(5-2)11-12-20-3/h13,16H,4-12H2,1-3H3,(H,18,19). The van der Waals surface area contributed by atoms with E-state index >= 15 is 0 Å². The van der Waals surface area contributed by atoms with Gasteiger partial charge in [0.2, 0.25) is 0 Å². The van der Waals surface area contributed by atoms with Crippen molar-refractivity contribution in [3.63, 3.8) is 0 Å². The molecule has 1 aliphatic carbocycles. The van der Waals surface area contributed by atoms with Gasteiger partial charge in [0.1, 0.15) is 5.54 Å². The number of likely N-dealkylation sites (N-methyl/N-ethyl adjacent to an activating group) is 2. The van der Waals surface area contributed by atoms with E-state index in [4.69, 9.17) is 4.74 Å². The van der Waals surface area contributed by atoms with E-state index in [0.29, 0.717) is 6.54 Å². The quantitative estimate of drug-likeness (QED) is 0.638. The molecule has 118 valence electrons. The van der Waals surface area contributed by atoms with E-state index in [1.165, 1.54) is 0 Å². The number of carboxylic acid groups (broad SMARTS) is 1. The van der Waals surface area contributed by atoms with Gasteiger partial charge in [0.05, 0.1) is 6.61 Å². The van der Waals surface area contributed by atoms with E-state index < -0.39 is 11.5 Å². The Labute approximate surface area is 122 Å². The highest BCUT2D eigenvalue weighted by Crippen LogP contribution is 2.38. The normalized spacial score (nSPS) is 26.3. The Morgan fingerprint density at radius 3 is 2.75 bits per heavy atom. The van der Waals surface area contributed by atoms with Crippen LogP contribution in [-0.4, -0.2) is 61.4 Å². The third kappa shape index (κ3) is 4.17. The number of aliphatic carboxylic acids is 1. The lowest BCUT2D eigenvalue weighted by Gasteiger charge is -2.33. The van der Waals surface area contributed by atoms with Crippen LogP contribution in [0.3, 0.4) is 0 Å². The summed E-state index contributed by atoms with van der Waals surface area (Å²) in [6.07, 6.45) is 3.72. The van der Waals surface area contributed by atoms with Crippen molar-refractivity contribution >= 4 is 5.97 Å². The van der Waals surface area contributed by atoms with Crippen LogP contribution >= 0.6 is 0 Å². The molecular formula is C15H30N2O3. The van der Waals surface area contributed by atoms with Crippen LogP contribution in [0.1, 0.15) is 39.5 Å². The molecule has 0 heterocycles. The fourth-order valence-corrected chi connectivity index (χ4v) is 3.36. The lowest BCUT2D eigenvalue weighted by atomic mass is 9.84. The third-order valence-corrected chi connectivity index (χ3v) is 4.55. The highest BCUT2D eigenvalue weighted by Gasteiger charge is 2.48. The molecule has 2 atom stereocenters. The van der Waals surface area contributed by atoms with E-state index in [1.54, 1.807) is 7.11 Å². The first-order valence-electron chi connectivity index (χ1n) is 7.80. The molecule has 0 saturated heterocycles. The van der Waals surface area contributed by atoms with E-state index in [9.17, 15) is 9.90 Å². The Hall–Kier alpha value is -0.650. The molecule has 0 spiro atoms. The van der Waals surface area contributed by atoms with Gasteiger partial charge in [0, 0.05) is 13.7 Å². The van der Waals surface area contributed by atoms with Crippen molar-refractivity contribution < 1.29 is 14.6 Å². The van der Waals surface area contributed by atoms with Crippen LogP contribution in [0, 0.1) is 5.92 Å². The minimum Gasteiger partial charge on any atom is -0.480 e. The van der Waals surface area contributed by atoms with Crippen LogP contribution in [0.4, 0.5) is 0 Å². The largest absolute Gasteiger partial charge is 0.480 e. The molecule has 1 fully saturated rings. The number of nitrogens with one attached hydrogen (secondary N) is 1. The molecule has 0 aromatic heterocycles. The predicted molar refractivity (Wildman–Crippen MR) is 80.0 cm³/mol. The Kier molecular flexibility index (Phi) is 7.48. The molecule has 1 saturated carbocycles. The summed E-state index contributed by atoms with van der Waals surface area (Å²) >= 11 is 0. The Bertz CT molecular complexity index is 299. The van der Waals surface area contributed by atoms with Crippen LogP contribution in [0.2, 0.25) is 0 Å². The molecule has 5 nitrogen and oxygen atoms in total. The van der Waals surface area contributed by atoms with Crippen molar-refractivity contribution in [2.45, 2.75) is 45.1 Å². The van der Waals surface area contributed by atoms with Crippen molar-refractivity contribution in [1.82, 2.24) is 10.2 Å². The van der Waals surface area contributed by atoms with Crippen molar-refractivity contribution in [2.24, 2.45) is 5.92 Å². The topological polar surface area (TPSA) is 61.8 Å². The average molecular weight is 286 g/mol. The number of hydrogen-bond donors (Lipinski definition) is 2. The summed E-state index contributed by atoms with van der Waals surface area (Å²) in [4.78, 5) is 14.0. The van der Waals surface area contributed by atoms with Gasteiger partial charge in [0.25, 0.3) is 0 Å². The molecule has 0 radical (unpaired) electrons. The summed E-state index contributed by atoms with van der Waals surface area (Å²) in [7, 11) is 1.71. The molecule has 0 amide bonds. The molecular weight excluding hydrogens is 256 g/mol. The second-order valence-corrected chi connectivity index (χ2v) is 5.61. The number of carboxylic acids is 1. The van der Waals surface area contributed by atoms with Gasteiger partial charge in [-0.25, -0.2) is 0 Å². The van der Waals surface area contributed by atoms with Crippen molar-refractivity contribution in [1.29, 1.82) is 0 Å². The van der Waals surface area contributed by atoms with Gasteiger partial charge >= 0.3 is 5.97 Å². The SMILES string of the molecule is CCNC1(C(=O)O)CCCC1CCN(CC)CCOC. The lowest BCUT2D eigenvalue weighted by Crippen LogP contribution is -2.55. The number of rotatable bonds is 10. The Morgan fingerprint density at radius 1 is 1.45 bits per heavy atom. The van der Waals surface area contributed by atoms with Crippen LogP contribution in [-0.2, 0) is 9.53 Å². The molecule has 20 heavy (non-hydrogen) atoms. The van der Waals surface area contributed by atoms with Gasteiger partial charge in [-0.1, -0.05) is 20.3 Å². The molecule has 1 aliphatic rings. The molecule has 0 bridgehead atoms. The van der Waals surface area contributed by atoms with Crippen LogP contribution in [0.15, 0.2) is 0 Å². The predicted octanol–water partition coefficient (Wildman–Crippen LogP) is 1.58. The van der Waals surface area contributed by atoms with Gasteiger partial charge < -0.3 is 20.1 Å². The van der Waals surface area contributed by atoms with Crippen molar-refractivity contribution in [3.8, 4) is 0 Å². The summed E-state index contributed by atoms with van der Waals surface area (Å²) in [5.74, 6) is -0.446. The first-order chi connectivity index (χ1) is 9.60. The van der Waals surface area contributed by atoms with Crippen LogP contribution in [0.5, 0.6) is 0 Å². The summed E-state index contributed by atoms with van der Waals surface area (Å²) < 4.78 is 5.12. The number of ether oxygens (including phenoxy) is 1. The van der Waals surface area contributed by atoms with Crippen molar-refractivity contribution in [3.05, 3.63) is 0 Å². The highest BCUT2D eigenvalue weighted by atomic mass is 16.5. The maximum absolute atomic E-state index is 11.7. The maximum Gasteiger partial charge on any atom is 0.324 e. The molecule has 1 rings (SSSR count). The zero-order chi connectivity index (χ0) is 15.0. The molecule has 2 unspecified atom stereocenters. The smallest absolute Gasteiger partial charge is 0.324 e. The summed E-state index contributed by atoms with van der Waals surface area (Å²) in [6, 6.07) is 0. The monoisotopic (exact) mass is 286 g/mol. The third-order valence-electron chi connectivity index (χ3n) is 4.55. The second-order valence-electron chi connectivity index (χ2n) is 5.61. The lowest BCUT2D eigenvalue weighted by molar-refractivity contribution is -0.146. The zero-order valence-electron chi connectivity index (χ0n) is 13.2. The van der Waals surface area contributed by atoms with Gasteiger partial charge in [-0.15, -0.1) is 0 Å². The molecule has 0 aliphatic heterocycles. The van der Waals surface area contributed by atoms with E-state index in [1.807, 2.05) is 6.92 Å². The molecule has 0 aromatic rings. The first-order valence-corrected chi connectivity index (χ1v) is 7.80. The number of carbonyl (C=O) groups is 1. The zero-order valence-corrected chi connectivity index (χ0v) is 13.2. The van der Waals surface area contributed by atoms with E-state index in [0.717, 1.165) is 51.9 Å². The average Bonchev–Trinajstić information content (AvgIpc) is 2.84. The summed E-state index contributed by atoms with van der Waals surface area (Å²) in [6.45, 7) is 8.42. The molecule has 2 N–H and O–H groups in total. The van der Waals surface area contributed by atoms with Crippen LogP contribution < -0.4 is 5.32 Å². The number of methoxy groups -OCH3 is 1. The van der Waals surface area contributed by atoms with E-state index in [2.05, 4.69) is 17.1 Å². The van der Waals surface area contributed by atoms with Crippen LogP contribution in [0.25, 0.3) is 0 Å². The maximum atomic E-state index is 11.7. The minimum atomic E-state index is -0.699. The van der Waals surface area contributed by atoms with Gasteiger partial charge in [-0.05, 0) is 44.8 Å². The summed E-state index contributed by atoms with van der Waals surface area (Å²) in [5, 5.41) is 12.9. The second kappa shape index (κ2) is 8.60. The van der Waals surface area contributed by atoms with Gasteiger partial charge in [0.15, 0.2) is 0 Å². The first kappa shape index (κ1) is 17.4. The Morgan fingerprint density at radius 2 is 2.20 bits per heavy atom. The van der Waals surface area contributed by atoms with Crippen molar-refractivity contribution in [2.75, 3.05) is 39.9 Å². The number of nitrogens with zero attached hydrogens (tertiary/aromatic N) is 1. The van der Waals surface area contributed by atoms with Gasteiger partial charge in [-0.2, -0.15) is 0 Å². The fourth-order valence-electron chi connectivity index (χ4n) is 3.36. The van der Waals surface area contributed by atoms with Gasteiger partial charge in [-0.3, -0.25) is 4.79 Å². The number of hydrogen-bond acceptors (Lipinski definition) is 4. The summed E-state index contributed by atoms with van der Waals surface area (Å²) in [5.41, 5.74) is -0.699. The molecule has 5 heteroatoms. The fraction of sp³-hybridized carbons (Fsp3) is 0.933. The molecule has 0 aromatic carbocycles. The Balaban J connectivity index is 2.57. The minimum absolute atomic E-state index is 0.233. The highest BCUT2D eigenvalue weighted by molar-refractivity contribution is 5.79.